The molecule has 0 aromatic heterocycles. The lowest BCUT2D eigenvalue weighted by Gasteiger charge is -2.12. The van der Waals surface area contributed by atoms with E-state index in [9.17, 15) is 4.79 Å². The zero-order chi connectivity index (χ0) is 10.4. The minimum absolute atomic E-state index is 0.0140. The van der Waals surface area contributed by atoms with Crippen LogP contribution in [0.5, 0.6) is 0 Å². The molecular formula is C12H18O2. The van der Waals surface area contributed by atoms with Crippen LogP contribution < -0.4 is 0 Å². The van der Waals surface area contributed by atoms with Crippen LogP contribution in [0.4, 0.5) is 0 Å². The van der Waals surface area contributed by atoms with E-state index in [1.165, 1.54) is 6.42 Å². The molecule has 0 amide bonds. The van der Waals surface area contributed by atoms with Gasteiger partial charge in [0.15, 0.2) is 0 Å². The van der Waals surface area contributed by atoms with Crippen LogP contribution in [0.3, 0.4) is 0 Å². The first-order valence-corrected chi connectivity index (χ1v) is 5.24. The van der Waals surface area contributed by atoms with Crippen molar-refractivity contribution in [3.05, 3.63) is 23.8 Å². The van der Waals surface area contributed by atoms with Crippen molar-refractivity contribution in [3.8, 4) is 0 Å². The summed E-state index contributed by atoms with van der Waals surface area (Å²) in [5.74, 6) is -0.191. The molecule has 0 saturated carbocycles. The predicted molar refractivity (Wildman–Crippen MR) is 56.9 cm³/mol. The van der Waals surface area contributed by atoms with Crippen molar-refractivity contribution >= 4 is 5.97 Å². The fourth-order valence-electron chi connectivity index (χ4n) is 1.40. The first kappa shape index (κ1) is 11.0. The Bertz CT molecular complexity index is 251. The molecule has 0 aromatic rings. The molecule has 0 N–H and O–H groups in total. The number of rotatable bonds is 2. The van der Waals surface area contributed by atoms with Gasteiger partial charge in [0, 0.05) is 5.57 Å². The average molecular weight is 194 g/mol. The Morgan fingerprint density at radius 1 is 1.50 bits per heavy atom. The number of hydrogen-bond acceptors (Lipinski definition) is 2. The molecule has 0 saturated heterocycles. The van der Waals surface area contributed by atoms with Crippen molar-refractivity contribution < 1.29 is 9.53 Å². The second-order valence-electron chi connectivity index (χ2n) is 3.63. The van der Waals surface area contributed by atoms with E-state index in [1.54, 1.807) is 13.0 Å². The Labute approximate surface area is 85.6 Å². The molecule has 1 aliphatic carbocycles. The van der Waals surface area contributed by atoms with Gasteiger partial charge in [-0.2, -0.15) is 0 Å². The minimum Gasteiger partial charge on any atom is -0.455 e. The SMILES string of the molecule is C/C=C(\C)C(=O)O[C@H]1C=CCCCC1. The first-order chi connectivity index (χ1) is 6.74. The lowest BCUT2D eigenvalue weighted by atomic mass is 10.2. The van der Waals surface area contributed by atoms with Crippen LogP contribution in [0.2, 0.25) is 0 Å². The van der Waals surface area contributed by atoms with Gasteiger partial charge in [0.1, 0.15) is 6.10 Å². The molecule has 0 aromatic carbocycles. The molecule has 0 fully saturated rings. The monoisotopic (exact) mass is 194 g/mol. The van der Waals surface area contributed by atoms with Crippen LogP contribution in [-0.4, -0.2) is 12.1 Å². The molecule has 14 heavy (non-hydrogen) atoms. The summed E-state index contributed by atoms with van der Waals surface area (Å²) in [6, 6.07) is 0. The fourth-order valence-corrected chi connectivity index (χ4v) is 1.40. The molecule has 0 heterocycles. The maximum atomic E-state index is 11.4. The summed E-state index contributed by atoms with van der Waals surface area (Å²) in [4.78, 5) is 11.4. The molecule has 0 spiro atoms. The van der Waals surface area contributed by atoms with Gasteiger partial charge < -0.3 is 4.74 Å². The molecular weight excluding hydrogens is 176 g/mol. The topological polar surface area (TPSA) is 26.3 Å². The van der Waals surface area contributed by atoms with E-state index in [0.29, 0.717) is 5.57 Å². The standard InChI is InChI=1S/C12H18O2/c1-3-10(2)12(13)14-11-8-6-4-5-7-9-11/h3,6,8,11H,4-5,7,9H2,1-2H3/b10-3+/t11-/m0/s1. The lowest BCUT2D eigenvalue weighted by Crippen LogP contribution is -2.16. The van der Waals surface area contributed by atoms with E-state index in [1.807, 2.05) is 13.0 Å². The van der Waals surface area contributed by atoms with Crippen molar-refractivity contribution in [2.24, 2.45) is 0 Å². The highest BCUT2D eigenvalue weighted by molar-refractivity contribution is 5.87. The zero-order valence-corrected chi connectivity index (χ0v) is 8.95. The fraction of sp³-hybridized carbons (Fsp3) is 0.583. The average Bonchev–Trinajstić information content (AvgIpc) is 2.45. The highest BCUT2D eigenvalue weighted by Crippen LogP contribution is 2.15. The number of ether oxygens (including phenoxy) is 1. The molecule has 1 rings (SSSR count). The summed E-state index contributed by atoms with van der Waals surface area (Å²) >= 11 is 0. The van der Waals surface area contributed by atoms with Crippen molar-refractivity contribution in [3.63, 3.8) is 0 Å². The van der Waals surface area contributed by atoms with E-state index in [4.69, 9.17) is 4.74 Å². The molecule has 78 valence electrons. The Hall–Kier alpha value is -1.05. The van der Waals surface area contributed by atoms with Crippen LogP contribution >= 0.6 is 0 Å². The van der Waals surface area contributed by atoms with Crippen molar-refractivity contribution in [1.82, 2.24) is 0 Å². The number of esters is 1. The molecule has 0 radical (unpaired) electrons. The second-order valence-corrected chi connectivity index (χ2v) is 3.63. The minimum atomic E-state index is -0.191. The predicted octanol–water partition coefficient (Wildman–Crippen LogP) is 2.99. The lowest BCUT2D eigenvalue weighted by molar-refractivity contribution is -0.142. The summed E-state index contributed by atoms with van der Waals surface area (Å²) in [5.41, 5.74) is 0.683. The molecule has 0 unspecified atom stereocenters. The van der Waals surface area contributed by atoms with Gasteiger partial charge in [-0.3, -0.25) is 0 Å². The normalized spacial score (nSPS) is 23.0. The number of carbonyl (C=O) groups excluding carboxylic acids is 1. The largest absolute Gasteiger partial charge is 0.455 e. The highest BCUT2D eigenvalue weighted by atomic mass is 16.5. The summed E-state index contributed by atoms with van der Waals surface area (Å²) in [6.45, 7) is 3.63. The van der Waals surface area contributed by atoms with E-state index in [-0.39, 0.29) is 12.1 Å². The third-order valence-electron chi connectivity index (χ3n) is 2.47. The van der Waals surface area contributed by atoms with Gasteiger partial charge in [-0.15, -0.1) is 0 Å². The molecule has 1 atom stereocenters. The van der Waals surface area contributed by atoms with Crippen LogP contribution in [0.25, 0.3) is 0 Å². The third kappa shape index (κ3) is 3.36. The summed E-state index contributed by atoms with van der Waals surface area (Å²) < 4.78 is 5.33. The molecule has 1 aliphatic rings. The maximum Gasteiger partial charge on any atom is 0.333 e. The van der Waals surface area contributed by atoms with Crippen LogP contribution in [0.1, 0.15) is 39.5 Å². The van der Waals surface area contributed by atoms with Gasteiger partial charge >= 0.3 is 5.97 Å². The van der Waals surface area contributed by atoms with Crippen LogP contribution in [-0.2, 0) is 9.53 Å². The Balaban J connectivity index is 2.46. The summed E-state index contributed by atoms with van der Waals surface area (Å²) in [6.07, 6.45) is 10.3. The smallest absolute Gasteiger partial charge is 0.333 e. The van der Waals surface area contributed by atoms with Gasteiger partial charge in [0.05, 0.1) is 0 Å². The zero-order valence-electron chi connectivity index (χ0n) is 8.95. The summed E-state index contributed by atoms with van der Waals surface area (Å²) in [5, 5.41) is 0. The number of hydrogen-bond donors (Lipinski definition) is 0. The molecule has 2 heteroatoms. The second kappa shape index (κ2) is 5.63. The van der Waals surface area contributed by atoms with E-state index < -0.39 is 0 Å². The third-order valence-corrected chi connectivity index (χ3v) is 2.47. The quantitative estimate of drug-likeness (QED) is 0.384. The Morgan fingerprint density at radius 2 is 2.29 bits per heavy atom. The van der Waals surface area contributed by atoms with E-state index in [2.05, 4.69) is 6.08 Å². The van der Waals surface area contributed by atoms with Gasteiger partial charge in [-0.25, -0.2) is 4.79 Å². The van der Waals surface area contributed by atoms with Gasteiger partial charge in [0.25, 0.3) is 0 Å². The van der Waals surface area contributed by atoms with Crippen LogP contribution in [0.15, 0.2) is 23.8 Å². The van der Waals surface area contributed by atoms with Crippen molar-refractivity contribution in [1.29, 1.82) is 0 Å². The summed E-state index contributed by atoms with van der Waals surface area (Å²) in [7, 11) is 0. The van der Waals surface area contributed by atoms with Crippen molar-refractivity contribution in [2.45, 2.75) is 45.6 Å². The van der Waals surface area contributed by atoms with E-state index in [0.717, 1.165) is 19.3 Å². The highest BCUT2D eigenvalue weighted by Gasteiger charge is 2.13. The van der Waals surface area contributed by atoms with Crippen LogP contribution in [0, 0.1) is 0 Å². The molecule has 0 aliphatic heterocycles. The Kier molecular flexibility index (Phi) is 4.44. The molecule has 0 bridgehead atoms. The van der Waals surface area contributed by atoms with Crippen molar-refractivity contribution in [2.75, 3.05) is 0 Å². The van der Waals surface area contributed by atoms with Gasteiger partial charge in [0.2, 0.25) is 0 Å². The number of carbonyl (C=O) groups is 1. The van der Waals surface area contributed by atoms with Gasteiger partial charge in [-0.1, -0.05) is 12.2 Å². The van der Waals surface area contributed by atoms with E-state index >= 15 is 0 Å². The number of allylic oxidation sites excluding steroid dienone is 2. The first-order valence-electron chi connectivity index (χ1n) is 5.24. The molecule has 2 nitrogen and oxygen atoms in total. The van der Waals surface area contributed by atoms with Gasteiger partial charge in [-0.05, 0) is 45.6 Å². The Morgan fingerprint density at radius 3 is 3.00 bits per heavy atom. The maximum absolute atomic E-state index is 11.4.